The molecule has 0 atom stereocenters. The quantitative estimate of drug-likeness (QED) is 0.500. The number of nitrogens with zero attached hydrogens (tertiary/aromatic N) is 2. The number of sulfone groups is 1. The molecule has 0 unspecified atom stereocenters. The maximum atomic E-state index is 12.9. The summed E-state index contributed by atoms with van der Waals surface area (Å²) in [6, 6.07) is 14.7. The second-order valence-electron chi connectivity index (χ2n) is 6.93. The van der Waals surface area contributed by atoms with E-state index in [0.717, 1.165) is 26.6 Å². The van der Waals surface area contributed by atoms with Gasteiger partial charge in [0.25, 0.3) is 0 Å². The summed E-state index contributed by atoms with van der Waals surface area (Å²) in [5.74, 6) is 0.802. The highest BCUT2D eigenvalue weighted by molar-refractivity contribution is 9.10. The lowest BCUT2D eigenvalue weighted by molar-refractivity contribution is 0.415. The molecule has 1 saturated heterocycles. The topological polar surface area (TPSA) is 59.5 Å². The molecule has 8 heteroatoms. The van der Waals surface area contributed by atoms with Gasteiger partial charge in [0.1, 0.15) is 5.75 Å². The van der Waals surface area contributed by atoms with Crippen LogP contribution in [0, 0.1) is 0 Å². The molecule has 1 fully saturated rings. The summed E-state index contributed by atoms with van der Waals surface area (Å²) in [4.78, 5) is 7.35. The van der Waals surface area contributed by atoms with E-state index in [0.29, 0.717) is 30.8 Å². The number of ether oxygens (including phenoxy) is 1. The Labute approximate surface area is 183 Å². The number of anilines is 1. The molecule has 0 amide bonds. The molecule has 152 valence electrons. The number of methoxy groups -OCH3 is 1. The van der Waals surface area contributed by atoms with E-state index in [4.69, 9.17) is 9.72 Å². The summed E-state index contributed by atoms with van der Waals surface area (Å²) in [6.07, 6.45) is 1.21. The molecule has 29 heavy (non-hydrogen) atoms. The molecule has 1 aliphatic heterocycles. The summed E-state index contributed by atoms with van der Waals surface area (Å²) in [7, 11) is -1.66. The number of rotatable bonds is 5. The van der Waals surface area contributed by atoms with E-state index in [1.54, 1.807) is 42.7 Å². The average molecular weight is 493 g/mol. The highest BCUT2D eigenvalue weighted by Crippen LogP contribution is 2.32. The molecular weight excluding hydrogens is 472 g/mol. The number of aromatic nitrogens is 1. The van der Waals surface area contributed by atoms with E-state index in [1.807, 2.05) is 29.6 Å². The minimum atomic E-state index is -3.31. The second-order valence-corrected chi connectivity index (χ2v) is 10.9. The van der Waals surface area contributed by atoms with Crippen LogP contribution in [0.25, 0.3) is 11.3 Å². The molecule has 0 aliphatic carbocycles. The second kappa shape index (κ2) is 8.45. The molecule has 3 aromatic rings. The number of piperidine rings is 1. The lowest BCUT2D eigenvalue weighted by Gasteiger charge is -2.31. The minimum absolute atomic E-state index is 0.349. The third-order valence-corrected chi connectivity index (χ3v) is 8.86. The Hall–Kier alpha value is -1.90. The van der Waals surface area contributed by atoms with Crippen LogP contribution < -0.4 is 9.64 Å². The van der Waals surface area contributed by atoms with Crippen molar-refractivity contribution in [1.82, 2.24) is 4.98 Å². The predicted octanol–water partition coefficient (Wildman–Crippen LogP) is 5.02. The van der Waals surface area contributed by atoms with Crippen molar-refractivity contribution >= 4 is 42.2 Å². The fourth-order valence-corrected chi connectivity index (χ4v) is 6.38. The summed E-state index contributed by atoms with van der Waals surface area (Å²) in [5, 5.41) is 2.62. The Morgan fingerprint density at radius 1 is 1.14 bits per heavy atom. The molecule has 4 rings (SSSR count). The lowest BCUT2D eigenvalue weighted by atomic mass is 10.1. The van der Waals surface area contributed by atoms with Gasteiger partial charge in [0, 0.05) is 28.5 Å². The van der Waals surface area contributed by atoms with Gasteiger partial charge in [-0.1, -0.05) is 28.1 Å². The third kappa shape index (κ3) is 4.34. The first-order chi connectivity index (χ1) is 14.0. The Bertz CT molecular complexity index is 1090. The highest BCUT2D eigenvalue weighted by atomic mass is 79.9. The van der Waals surface area contributed by atoms with Crippen LogP contribution in [0.3, 0.4) is 0 Å². The van der Waals surface area contributed by atoms with Gasteiger partial charge in [0.15, 0.2) is 15.0 Å². The van der Waals surface area contributed by atoms with Crippen LogP contribution in [-0.2, 0) is 9.84 Å². The van der Waals surface area contributed by atoms with Gasteiger partial charge in [-0.15, -0.1) is 11.3 Å². The van der Waals surface area contributed by atoms with Crippen LogP contribution in [0.5, 0.6) is 5.75 Å². The first kappa shape index (κ1) is 20.4. The monoisotopic (exact) mass is 492 g/mol. The van der Waals surface area contributed by atoms with Crippen molar-refractivity contribution in [3.05, 3.63) is 58.4 Å². The Morgan fingerprint density at radius 2 is 1.86 bits per heavy atom. The van der Waals surface area contributed by atoms with Crippen molar-refractivity contribution in [2.45, 2.75) is 23.0 Å². The molecule has 0 radical (unpaired) electrons. The predicted molar refractivity (Wildman–Crippen MR) is 121 cm³/mol. The van der Waals surface area contributed by atoms with Crippen LogP contribution in [0.2, 0.25) is 0 Å². The van der Waals surface area contributed by atoms with E-state index in [-0.39, 0.29) is 5.25 Å². The number of benzene rings is 2. The van der Waals surface area contributed by atoms with Gasteiger partial charge in [-0.25, -0.2) is 13.4 Å². The number of hydrogen-bond donors (Lipinski definition) is 0. The SMILES string of the molecule is COc1cccc(-c2csc(N3CCC(S(=O)(=O)c4ccc(Br)cc4)CC3)n2)c1. The van der Waals surface area contributed by atoms with Crippen molar-refractivity contribution in [1.29, 1.82) is 0 Å². The zero-order valence-electron chi connectivity index (χ0n) is 15.9. The zero-order chi connectivity index (χ0) is 20.4. The van der Waals surface area contributed by atoms with Gasteiger partial charge in [0.2, 0.25) is 0 Å². The summed E-state index contributed by atoms with van der Waals surface area (Å²) < 4.78 is 32.0. The Morgan fingerprint density at radius 3 is 2.55 bits per heavy atom. The number of halogens is 1. The third-order valence-electron chi connectivity index (χ3n) is 5.15. The molecule has 0 spiro atoms. The van der Waals surface area contributed by atoms with Gasteiger partial charge in [0.05, 0.1) is 22.9 Å². The minimum Gasteiger partial charge on any atom is -0.497 e. The zero-order valence-corrected chi connectivity index (χ0v) is 19.1. The van der Waals surface area contributed by atoms with Gasteiger partial charge < -0.3 is 9.64 Å². The Balaban J connectivity index is 1.45. The van der Waals surface area contributed by atoms with E-state index in [1.165, 1.54) is 0 Å². The van der Waals surface area contributed by atoms with E-state index in [9.17, 15) is 8.42 Å². The standard InChI is InChI=1S/C21H21BrN2O3S2/c1-27-17-4-2-3-15(13-17)20-14-28-21(23-20)24-11-9-19(10-12-24)29(25,26)18-7-5-16(22)6-8-18/h2-8,13-14,19H,9-12H2,1H3. The summed E-state index contributed by atoms with van der Waals surface area (Å²) in [5.41, 5.74) is 1.92. The molecular formula is C21H21BrN2O3S2. The van der Waals surface area contributed by atoms with Crippen molar-refractivity contribution in [2.24, 2.45) is 0 Å². The Kier molecular flexibility index (Phi) is 5.94. The van der Waals surface area contributed by atoms with Crippen LogP contribution in [0.15, 0.2) is 63.3 Å². The van der Waals surface area contributed by atoms with E-state index in [2.05, 4.69) is 20.8 Å². The van der Waals surface area contributed by atoms with Gasteiger partial charge in [-0.2, -0.15) is 0 Å². The fraction of sp³-hybridized carbons (Fsp3) is 0.286. The summed E-state index contributed by atoms with van der Waals surface area (Å²) in [6.45, 7) is 1.37. The van der Waals surface area contributed by atoms with Gasteiger partial charge in [-0.05, 0) is 49.2 Å². The maximum Gasteiger partial charge on any atom is 0.185 e. The molecule has 0 bridgehead atoms. The first-order valence-electron chi connectivity index (χ1n) is 9.32. The molecule has 0 N–H and O–H groups in total. The normalized spacial score (nSPS) is 15.4. The van der Waals surface area contributed by atoms with Crippen molar-refractivity contribution in [3.63, 3.8) is 0 Å². The summed E-state index contributed by atoms with van der Waals surface area (Å²) >= 11 is 4.94. The lowest BCUT2D eigenvalue weighted by Crippen LogP contribution is -2.39. The molecule has 1 aliphatic rings. The smallest absolute Gasteiger partial charge is 0.185 e. The average Bonchev–Trinajstić information content (AvgIpc) is 3.24. The van der Waals surface area contributed by atoms with Crippen molar-refractivity contribution < 1.29 is 13.2 Å². The number of thiazole rings is 1. The van der Waals surface area contributed by atoms with Gasteiger partial charge in [-0.3, -0.25) is 0 Å². The first-order valence-corrected chi connectivity index (χ1v) is 12.5. The molecule has 2 heterocycles. The van der Waals surface area contributed by atoms with E-state index >= 15 is 0 Å². The molecule has 2 aromatic carbocycles. The highest BCUT2D eigenvalue weighted by Gasteiger charge is 2.32. The van der Waals surface area contributed by atoms with Gasteiger partial charge >= 0.3 is 0 Å². The maximum absolute atomic E-state index is 12.9. The fourth-order valence-electron chi connectivity index (χ4n) is 3.50. The van der Waals surface area contributed by atoms with Crippen molar-refractivity contribution in [3.8, 4) is 17.0 Å². The molecule has 1 aromatic heterocycles. The number of hydrogen-bond acceptors (Lipinski definition) is 6. The van der Waals surface area contributed by atoms with Crippen molar-refractivity contribution in [2.75, 3.05) is 25.1 Å². The molecule has 5 nitrogen and oxygen atoms in total. The van der Waals surface area contributed by atoms with E-state index < -0.39 is 9.84 Å². The van der Waals surface area contributed by atoms with Crippen LogP contribution in [-0.4, -0.2) is 38.9 Å². The van der Waals surface area contributed by atoms with Crippen LogP contribution >= 0.6 is 27.3 Å². The largest absolute Gasteiger partial charge is 0.497 e. The van der Waals surface area contributed by atoms with Crippen LogP contribution in [0.4, 0.5) is 5.13 Å². The van der Waals surface area contributed by atoms with Crippen LogP contribution in [0.1, 0.15) is 12.8 Å². The molecule has 0 saturated carbocycles.